The minimum Gasteiger partial charge on any atom is -0.408 e. The lowest BCUT2D eigenvalue weighted by molar-refractivity contribution is -0.0976. The van der Waals surface area contributed by atoms with Gasteiger partial charge in [-0.25, -0.2) is 13.8 Å². The Morgan fingerprint density at radius 1 is 1.23 bits per heavy atom. The molecule has 0 bridgehead atoms. The molecule has 2 heterocycles. The maximum absolute atomic E-state index is 13.4. The third kappa shape index (κ3) is 8.96. The molecule has 0 saturated heterocycles. The topological polar surface area (TPSA) is 77.8 Å². The van der Waals surface area contributed by atoms with Gasteiger partial charge in [0.05, 0.1) is 12.6 Å². The number of ether oxygens (including phenoxy) is 1. The number of rotatable bonds is 12. The van der Waals surface area contributed by atoms with Crippen LogP contribution in [0.4, 0.5) is 8.78 Å². The van der Waals surface area contributed by atoms with E-state index in [2.05, 4.69) is 12.7 Å². The van der Waals surface area contributed by atoms with Crippen LogP contribution < -0.4 is 0 Å². The number of likely N-dealkylation sites (N-methyl/N-ethyl adjacent to an activating group) is 1. The zero-order chi connectivity index (χ0) is 28.2. The standard InChI is InChI=1S/C30H39F2N3O4/c1-4-22(2)35-29(11-6-5-9-17-36)33-16-15-24(10-7-8-12-30(35)37)28-19-25(39-34(28)3)21-38-20-23-13-14-26(31)27(32)18-23/h4,8,10,12-16,18-19,22,28,30,36-37H,1,5-7,9,11,17,20-21H2,2-3H3/b12-8+,16-15+,24-10?,33-29-. The maximum Gasteiger partial charge on any atom is 0.159 e. The van der Waals surface area contributed by atoms with Crippen LogP contribution in [-0.4, -0.2) is 64.6 Å². The third-order valence-corrected chi connectivity index (χ3v) is 6.55. The first-order valence-electron chi connectivity index (χ1n) is 13.3. The second-order valence-corrected chi connectivity index (χ2v) is 9.52. The number of nitrogens with zero attached hydrogens (tertiary/aromatic N) is 3. The van der Waals surface area contributed by atoms with Crippen molar-refractivity contribution in [3.05, 3.63) is 96.0 Å². The van der Waals surface area contributed by atoms with Gasteiger partial charge in [-0.2, -0.15) is 0 Å². The van der Waals surface area contributed by atoms with Crippen LogP contribution in [0.3, 0.4) is 0 Å². The van der Waals surface area contributed by atoms with Gasteiger partial charge >= 0.3 is 0 Å². The molecule has 2 N–H and O–H groups in total. The van der Waals surface area contributed by atoms with Crippen LogP contribution in [-0.2, 0) is 16.2 Å². The summed E-state index contributed by atoms with van der Waals surface area (Å²) in [5.41, 5.74) is 1.49. The first-order chi connectivity index (χ1) is 18.8. The highest BCUT2D eigenvalue weighted by molar-refractivity contribution is 5.83. The Balaban J connectivity index is 1.74. The first-order valence-corrected chi connectivity index (χ1v) is 13.3. The number of allylic oxidation sites excluding steroid dienone is 2. The number of hydrogen-bond donors (Lipinski definition) is 2. The molecule has 9 heteroatoms. The van der Waals surface area contributed by atoms with Crippen LogP contribution in [0, 0.1) is 11.6 Å². The van der Waals surface area contributed by atoms with E-state index in [1.807, 2.05) is 37.1 Å². The Morgan fingerprint density at radius 2 is 2.05 bits per heavy atom. The molecule has 1 aromatic rings. The van der Waals surface area contributed by atoms with E-state index in [-0.39, 0.29) is 31.9 Å². The number of aliphatic imine (C=N–C) groups is 1. The number of halogens is 2. The minimum absolute atomic E-state index is 0.122. The lowest BCUT2D eigenvalue weighted by Crippen LogP contribution is -2.44. The summed E-state index contributed by atoms with van der Waals surface area (Å²) in [5.74, 6) is -0.442. The van der Waals surface area contributed by atoms with Gasteiger partial charge in [0.2, 0.25) is 0 Å². The van der Waals surface area contributed by atoms with E-state index < -0.39 is 17.9 Å². The summed E-state index contributed by atoms with van der Waals surface area (Å²) in [5, 5.41) is 21.8. The van der Waals surface area contributed by atoms with Crippen LogP contribution in [0.1, 0.15) is 44.6 Å². The van der Waals surface area contributed by atoms with E-state index in [1.54, 1.807) is 23.4 Å². The summed E-state index contributed by atoms with van der Waals surface area (Å²) in [6, 6.07) is 3.37. The zero-order valence-corrected chi connectivity index (χ0v) is 22.7. The van der Waals surface area contributed by atoms with Crippen molar-refractivity contribution in [3.63, 3.8) is 0 Å². The lowest BCUT2D eigenvalue weighted by atomic mass is 10.0. The normalized spacial score (nSPS) is 24.1. The van der Waals surface area contributed by atoms with Gasteiger partial charge in [0, 0.05) is 32.3 Å². The average molecular weight is 544 g/mol. The molecule has 0 aliphatic carbocycles. The van der Waals surface area contributed by atoms with E-state index in [9.17, 15) is 13.9 Å². The fourth-order valence-electron chi connectivity index (χ4n) is 4.40. The number of hydrogen-bond acceptors (Lipinski definition) is 7. The van der Waals surface area contributed by atoms with Crippen LogP contribution in [0.5, 0.6) is 0 Å². The molecule has 0 saturated carbocycles. The number of amidine groups is 1. The van der Waals surface area contributed by atoms with Crippen molar-refractivity contribution in [1.82, 2.24) is 9.96 Å². The molecule has 3 atom stereocenters. The van der Waals surface area contributed by atoms with Crippen molar-refractivity contribution < 1.29 is 28.6 Å². The number of aliphatic hydroxyl groups is 2. The molecule has 0 aromatic heterocycles. The molecule has 3 unspecified atom stereocenters. The highest BCUT2D eigenvalue weighted by Crippen LogP contribution is 2.25. The summed E-state index contributed by atoms with van der Waals surface area (Å²) in [6.45, 7) is 6.31. The average Bonchev–Trinajstić information content (AvgIpc) is 3.27. The monoisotopic (exact) mass is 543 g/mol. The summed E-state index contributed by atoms with van der Waals surface area (Å²) in [6.07, 6.45) is 15.9. The number of aliphatic hydroxyl groups excluding tert-OH is 2. The fourth-order valence-corrected chi connectivity index (χ4v) is 4.40. The highest BCUT2D eigenvalue weighted by atomic mass is 19.2. The first kappa shape index (κ1) is 30.4. The summed E-state index contributed by atoms with van der Waals surface area (Å²) >= 11 is 0. The van der Waals surface area contributed by atoms with Crippen molar-refractivity contribution in [2.45, 2.75) is 63.9 Å². The zero-order valence-electron chi connectivity index (χ0n) is 22.7. The minimum atomic E-state index is -0.905. The Bertz CT molecular complexity index is 1120. The molecule has 0 fully saturated rings. The van der Waals surface area contributed by atoms with Gasteiger partial charge in [0.25, 0.3) is 0 Å². The van der Waals surface area contributed by atoms with Crippen molar-refractivity contribution in [3.8, 4) is 0 Å². The second kappa shape index (κ2) is 15.5. The van der Waals surface area contributed by atoms with Crippen molar-refractivity contribution in [1.29, 1.82) is 0 Å². The van der Waals surface area contributed by atoms with Gasteiger partial charge in [-0.05, 0) is 67.7 Å². The fraction of sp³-hybridized carbons (Fsp3) is 0.433. The molecule has 2 aliphatic rings. The predicted octanol–water partition coefficient (Wildman–Crippen LogP) is 5.16. The van der Waals surface area contributed by atoms with E-state index in [1.165, 1.54) is 6.07 Å². The molecule has 0 amide bonds. The van der Waals surface area contributed by atoms with Gasteiger partial charge in [-0.3, -0.25) is 0 Å². The summed E-state index contributed by atoms with van der Waals surface area (Å²) in [7, 11) is 1.83. The van der Waals surface area contributed by atoms with Crippen molar-refractivity contribution in [2.75, 3.05) is 20.3 Å². The molecule has 7 nitrogen and oxygen atoms in total. The Kier molecular flexibility index (Phi) is 12.1. The molecule has 212 valence electrons. The number of hydroxylamine groups is 2. The third-order valence-electron chi connectivity index (χ3n) is 6.55. The Hall–Kier alpha value is -3.11. The molecule has 1 aromatic carbocycles. The smallest absolute Gasteiger partial charge is 0.159 e. The van der Waals surface area contributed by atoms with Gasteiger partial charge < -0.3 is 24.7 Å². The van der Waals surface area contributed by atoms with Gasteiger partial charge in [0.15, 0.2) is 11.6 Å². The van der Waals surface area contributed by atoms with E-state index in [0.717, 1.165) is 42.8 Å². The molecular weight excluding hydrogens is 504 g/mol. The largest absolute Gasteiger partial charge is 0.408 e. The van der Waals surface area contributed by atoms with E-state index in [0.29, 0.717) is 24.2 Å². The summed E-state index contributed by atoms with van der Waals surface area (Å²) < 4.78 is 32.3. The lowest BCUT2D eigenvalue weighted by Gasteiger charge is -2.33. The number of unbranched alkanes of at least 4 members (excludes halogenated alkanes) is 2. The quantitative estimate of drug-likeness (QED) is 0.280. The van der Waals surface area contributed by atoms with Gasteiger partial charge in [-0.15, -0.1) is 11.6 Å². The summed E-state index contributed by atoms with van der Waals surface area (Å²) in [4.78, 5) is 12.5. The van der Waals surface area contributed by atoms with Gasteiger partial charge in [0.1, 0.15) is 24.4 Å². The molecule has 0 spiro atoms. The van der Waals surface area contributed by atoms with Crippen LogP contribution in [0.25, 0.3) is 0 Å². The Morgan fingerprint density at radius 3 is 2.79 bits per heavy atom. The molecule has 0 radical (unpaired) electrons. The van der Waals surface area contributed by atoms with Crippen LogP contribution >= 0.6 is 0 Å². The SMILES string of the molecule is C=CC(C)N1/C(CCCCCO)=N\C=C\C(C2C=C(COCc3ccc(F)c(F)c3)ON2C)=CC/C=C/C1O. The maximum atomic E-state index is 13.4. The molecule has 3 rings (SSSR count). The Labute approximate surface area is 229 Å². The number of benzene rings is 1. The predicted molar refractivity (Wildman–Crippen MR) is 148 cm³/mol. The highest BCUT2D eigenvalue weighted by Gasteiger charge is 2.26. The van der Waals surface area contributed by atoms with E-state index >= 15 is 0 Å². The van der Waals surface area contributed by atoms with E-state index in [4.69, 9.17) is 19.7 Å². The molecule has 39 heavy (non-hydrogen) atoms. The second-order valence-electron chi connectivity index (χ2n) is 9.52. The van der Waals surface area contributed by atoms with Crippen molar-refractivity contribution in [2.24, 2.45) is 4.99 Å². The molecule has 2 aliphatic heterocycles. The van der Waals surface area contributed by atoms with Crippen LogP contribution in [0.2, 0.25) is 0 Å². The van der Waals surface area contributed by atoms with Crippen molar-refractivity contribution >= 4 is 5.84 Å². The van der Waals surface area contributed by atoms with Gasteiger partial charge in [-0.1, -0.05) is 30.7 Å². The molecular formula is C30H39F2N3O4. The van der Waals surface area contributed by atoms with Crippen LogP contribution in [0.15, 0.2) is 83.8 Å².